The fourth-order valence-electron chi connectivity index (χ4n) is 2.51. The first-order valence-electron chi connectivity index (χ1n) is 6.29. The second-order valence-corrected chi connectivity index (χ2v) is 4.76. The lowest BCUT2D eigenvalue weighted by Gasteiger charge is -2.20. The van der Waals surface area contributed by atoms with E-state index in [1.807, 2.05) is 24.3 Å². The van der Waals surface area contributed by atoms with E-state index in [4.69, 9.17) is 10.7 Å². The lowest BCUT2D eigenvalue weighted by molar-refractivity contribution is 0.198. The van der Waals surface area contributed by atoms with Gasteiger partial charge in [0, 0.05) is 30.6 Å². The molecule has 1 aromatic carbocycles. The molecule has 0 spiro atoms. The summed E-state index contributed by atoms with van der Waals surface area (Å²) in [6.45, 7) is 1.97. The molecule has 1 unspecified atom stereocenters. The minimum atomic E-state index is -0.246. The summed E-state index contributed by atoms with van der Waals surface area (Å²) in [4.78, 5) is 6.82. The van der Waals surface area contributed by atoms with Gasteiger partial charge in [-0.25, -0.2) is 4.98 Å². The Bertz CT molecular complexity index is 570. The fourth-order valence-corrected chi connectivity index (χ4v) is 2.51. The standard InChI is InChI=1S/C14H17N3O/c15-8-11-7-10-3-1-2-4-13(10)16-14(11)17-6-5-12(18)9-17/h1-4,7,12,18H,5-6,8-9,15H2. The molecule has 18 heavy (non-hydrogen) atoms. The molecular weight excluding hydrogens is 226 g/mol. The highest BCUT2D eigenvalue weighted by molar-refractivity contribution is 5.81. The molecular formula is C14H17N3O. The number of fused-ring (bicyclic) bond motifs is 1. The Labute approximate surface area is 106 Å². The van der Waals surface area contributed by atoms with Crippen molar-refractivity contribution in [2.45, 2.75) is 19.1 Å². The zero-order valence-corrected chi connectivity index (χ0v) is 10.2. The molecule has 94 valence electrons. The summed E-state index contributed by atoms with van der Waals surface area (Å²) in [5.41, 5.74) is 7.84. The molecule has 0 radical (unpaired) electrons. The Kier molecular flexibility index (Phi) is 2.89. The maximum absolute atomic E-state index is 9.64. The van der Waals surface area contributed by atoms with E-state index < -0.39 is 0 Å². The van der Waals surface area contributed by atoms with Gasteiger partial charge in [-0.2, -0.15) is 0 Å². The molecule has 1 aliphatic heterocycles. The monoisotopic (exact) mass is 243 g/mol. The van der Waals surface area contributed by atoms with Gasteiger partial charge in [0.1, 0.15) is 5.82 Å². The Morgan fingerprint density at radius 3 is 2.94 bits per heavy atom. The number of hydrogen-bond donors (Lipinski definition) is 2. The molecule has 1 aliphatic rings. The third-order valence-corrected chi connectivity index (χ3v) is 3.46. The first-order valence-corrected chi connectivity index (χ1v) is 6.29. The number of nitrogens with two attached hydrogens (primary N) is 1. The van der Waals surface area contributed by atoms with Crippen LogP contribution in [0, 0.1) is 0 Å². The first kappa shape index (κ1) is 11.4. The number of para-hydroxylation sites is 1. The Hall–Kier alpha value is -1.65. The highest BCUT2D eigenvalue weighted by atomic mass is 16.3. The first-order chi connectivity index (χ1) is 8.78. The van der Waals surface area contributed by atoms with Crippen LogP contribution in [-0.4, -0.2) is 29.3 Å². The van der Waals surface area contributed by atoms with Crippen LogP contribution in [0.5, 0.6) is 0 Å². The topological polar surface area (TPSA) is 62.4 Å². The number of aromatic nitrogens is 1. The molecule has 3 rings (SSSR count). The van der Waals surface area contributed by atoms with Gasteiger partial charge in [-0.3, -0.25) is 0 Å². The number of aliphatic hydroxyl groups is 1. The smallest absolute Gasteiger partial charge is 0.133 e. The van der Waals surface area contributed by atoms with Crippen molar-refractivity contribution in [3.05, 3.63) is 35.9 Å². The number of aliphatic hydroxyl groups excluding tert-OH is 1. The summed E-state index contributed by atoms with van der Waals surface area (Å²) in [5.74, 6) is 0.924. The number of pyridine rings is 1. The van der Waals surface area contributed by atoms with Gasteiger partial charge >= 0.3 is 0 Å². The number of β-amino-alcohol motifs (C(OH)–C–C–N with tert-alkyl or cyclic N) is 1. The van der Waals surface area contributed by atoms with Gasteiger partial charge in [0.15, 0.2) is 0 Å². The van der Waals surface area contributed by atoms with E-state index in [0.717, 1.165) is 35.2 Å². The highest BCUT2D eigenvalue weighted by Crippen LogP contribution is 2.26. The van der Waals surface area contributed by atoms with E-state index in [9.17, 15) is 5.11 Å². The summed E-state index contributed by atoms with van der Waals surface area (Å²) in [5, 5.41) is 10.7. The van der Waals surface area contributed by atoms with Crippen molar-refractivity contribution in [1.29, 1.82) is 0 Å². The van der Waals surface area contributed by atoms with Gasteiger partial charge in [0.05, 0.1) is 11.6 Å². The van der Waals surface area contributed by atoms with E-state index in [1.54, 1.807) is 0 Å². The molecule has 0 amide bonds. The molecule has 4 nitrogen and oxygen atoms in total. The molecule has 0 saturated carbocycles. The summed E-state index contributed by atoms with van der Waals surface area (Å²) in [7, 11) is 0. The highest BCUT2D eigenvalue weighted by Gasteiger charge is 2.23. The number of hydrogen-bond acceptors (Lipinski definition) is 4. The van der Waals surface area contributed by atoms with Crippen LogP contribution in [0.15, 0.2) is 30.3 Å². The van der Waals surface area contributed by atoms with Gasteiger partial charge in [-0.15, -0.1) is 0 Å². The Morgan fingerprint density at radius 1 is 1.39 bits per heavy atom. The van der Waals surface area contributed by atoms with E-state index in [-0.39, 0.29) is 6.10 Å². The minimum Gasteiger partial charge on any atom is -0.391 e. The molecule has 2 heterocycles. The van der Waals surface area contributed by atoms with Crippen LogP contribution >= 0.6 is 0 Å². The predicted octanol–water partition coefficient (Wildman–Crippen LogP) is 1.26. The average Bonchev–Trinajstić information content (AvgIpc) is 2.83. The van der Waals surface area contributed by atoms with E-state index in [1.165, 1.54) is 0 Å². The van der Waals surface area contributed by atoms with Crippen LogP contribution in [0.1, 0.15) is 12.0 Å². The van der Waals surface area contributed by atoms with Crippen LogP contribution < -0.4 is 10.6 Å². The van der Waals surface area contributed by atoms with Gasteiger partial charge in [-0.1, -0.05) is 18.2 Å². The fraction of sp³-hybridized carbons (Fsp3) is 0.357. The van der Waals surface area contributed by atoms with Crippen LogP contribution in [0.4, 0.5) is 5.82 Å². The maximum atomic E-state index is 9.64. The normalized spacial score (nSPS) is 19.7. The van der Waals surface area contributed by atoms with Gasteiger partial charge in [-0.05, 0) is 18.6 Å². The molecule has 0 bridgehead atoms. The van der Waals surface area contributed by atoms with Crippen molar-refractivity contribution in [2.75, 3.05) is 18.0 Å². The lowest BCUT2D eigenvalue weighted by Crippen LogP contribution is -2.24. The number of nitrogens with zero attached hydrogens (tertiary/aromatic N) is 2. The number of benzene rings is 1. The van der Waals surface area contributed by atoms with Gasteiger partial charge in [0.25, 0.3) is 0 Å². The third-order valence-electron chi connectivity index (χ3n) is 3.46. The molecule has 1 atom stereocenters. The van der Waals surface area contributed by atoms with E-state index in [2.05, 4.69) is 11.0 Å². The van der Waals surface area contributed by atoms with Crippen molar-refractivity contribution in [1.82, 2.24) is 4.98 Å². The second kappa shape index (κ2) is 4.55. The predicted molar refractivity (Wildman–Crippen MR) is 72.5 cm³/mol. The summed E-state index contributed by atoms with van der Waals surface area (Å²) >= 11 is 0. The summed E-state index contributed by atoms with van der Waals surface area (Å²) in [6, 6.07) is 10.1. The lowest BCUT2D eigenvalue weighted by atomic mass is 10.1. The quantitative estimate of drug-likeness (QED) is 0.833. The molecule has 2 aromatic rings. The zero-order chi connectivity index (χ0) is 12.5. The van der Waals surface area contributed by atoms with Crippen LogP contribution in [0.3, 0.4) is 0 Å². The largest absolute Gasteiger partial charge is 0.391 e. The summed E-state index contributed by atoms with van der Waals surface area (Å²) in [6.07, 6.45) is 0.558. The molecule has 3 N–H and O–H groups in total. The SMILES string of the molecule is NCc1cc2ccccc2nc1N1CCC(O)C1. The van der Waals surface area contributed by atoms with E-state index >= 15 is 0 Å². The van der Waals surface area contributed by atoms with Crippen molar-refractivity contribution >= 4 is 16.7 Å². The number of rotatable bonds is 2. The molecule has 1 aromatic heterocycles. The van der Waals surface area contributed by atoms with Crippen molar-refractivity contribution in [2.24, 2.45) is 5.73 Å². The van der Waals surface area contributed by atoms with Crippen LogP contribution in [-0.2, 0) is 6.54 Å². The van der Waals surface area contributed by atoms with Crippen LogP contribution in [0.25, 0.3) is 10.9 Å². The minimum absolute atomic E-state index is 0.246. The second-order valence-electron chi connectivity index (χ2n) is 4.76. The average molecular weight is 243 g/mol. The zero-order valence-electron chi connectivity index (χ0n) is 10.2. The third kappa shape index (κ3) is 1.94. The number of anilines is 1. The Balaban J connectivity index is 2.09. The summed E-state index contributed by atoms with van der Waals surface area (Å²) < 4.78 is 0. The van der Waals surface area contributed by atoms with E-state index in [0.29, 0.717) is 13.1 Å². The maximum Gasteiger partial charge on any atom is 0.133 e. The Morgan fingerprint density at radius 2 is 2.22 bits per heavy atom. The molecule has 1 saturated heterocycles. The molecule has 1 fully saturated rings. The van der Waals surface area contributed by atoms with Crippen molar-refractivity contribution < 1.29 is 5.11 Å². The van der Waals surface area contributed by atoms with Crippen molar-refractivity contribution in [3.8, 4) is 0 Å². The molecule has 0 aliphatic carbocycles. The molecule has 4 heteroatoms. The van der Waals surface area contributed by atoms with Crippen molar-refractivity contribution in [3.63, 3.8) is 0 Å². The van der Waals surface area contributed by atoms with Gasteiger partial charge in [0.2, 0.25) is 0 Å². The van der Waals surface area contributed by atoms with Gasteiger partial charge < -0.3 is 15.7 Å². The van der Waals surface area contributed by atoms with Crippen LogP contribution in [0.2, 0.25) is 0 Å².